The Balaban J connectivity index is 2.12. The van der Waals surface area contributed by atoms with Gasteiger partial charge in [0.2, 0.25) is 0 Å². The van der Waals surface area contributed by atoms with Gasteiger partial charge in [-0.15, -0.1) is 4.31 Å². The number of fused-ring (bicyclic) bond motifs is 1. The minimum Gasteiger partial charge on any atom is -0.597 e. The summed E-state index contributed by atoms with van der Waals surface area (Å²) >= 11 is -1.21. The van der Waals surface area contributed by atoms with Crippen molar-refractivity contribution in [1.82, 2.24) is 14.3 Å². The number of hydrogen-bond donors (Lipinski definition) is 0. The summed E-state index contributed by atoms with van der Waals surface area (Å²) < 4.78 is 25.9. The molecule has 1 aromatic heterocycles. The van der Waals surface area contributed by atoms with E-state index in [4.69, 9.17) is 9.47 Å². The van der Waals surface area contributed by atoms with Crippen LogP contribution in [0.5, 0.6) is 11.8 Å². The van der Waals surface area contributed by atoms with Gasteiger partial charge in [-0.25, -0.2) is 4.98 Å². The summed E-state index contributed by atoms with van der Waals surface area (Å²) in [6.45, 7) is 10.9. The fraction of sp³-hybridized carbons (Fsp3) is 0.500. The van der Waals surface area contributed by atoms with Crippen molar-refractivity contribution < 1.29 is 14.0 Å². The van der Waals surface area contributed by atoms with E-state index < -0.39 is 11.4 Å². The zero-order valence-electron chi connectivity index (χ0n) is 16.8. The van der Waals surface area contributed by atoms with Crippen LogP contribution in [-0.2, 0) is 17.9 Å². The SMILES string of the molecule is CCOc1ncc2c(n1)CN([S@+]([O-])C(C)(C)C)[C@@H]2c1cccc(OC)c1C. The molecule has 0 saturated carbocycles. The van der Waals surface area contributed by atoms with Gasteiger partial charge in [-0.1, -0.05) is 12.1 Å². The molecule has 2 atom stereocenters. The van der Waals surface area contributed by atoms with Crippen molar-refractivity contribution in [3.8, 4) is 11.8 Å². The van der Waals surface area contributed by atoms with Crippen molar-refractivity contribution >= 4 is 11.4 Å². The third kappa shape index (κ3) is 3.77. The first kappa shape index (κ1) is 19.9. The highest BCUT2D eigenvalue weighted by molar-refractivity contribution is 7.90. The Morgan fingerprint density at radius 3 is 2.67 bits per heavy atom. The molecule has 0 amide bonds. The molecular weight excluding hydrogens is 362 g/mol. The van der Waals surface area contributed by atoms with Crippen LogP contribution >= 0.6 is 0 Å². The average molecular weight is 390 g/mol. The highest BCUT2D eigenvalue weighted by Crippen LogP contribution is 2.44. The summed E-state index contributed by atoms with van der Waals surface area (Å²) in [6.07, 6.45) is 1.80. The van der Waals surface area contributed by atoms with Crippen LogP contribution in [0.1, 0.15) is 56.1 Å². The smallest absolute Gasteiger partial charge is 0.316 e. The molecule has 27 heavy (non-hydrogen) atoms. The zero-order chi connectivity index (χ0) is 19.8. The molecule has 0 radical (unpaired) electrons. The normalized spacial score (nSPS) is 18.3. The van der Waals surface area contributed by atoms with Gasteiger partial charge in [0.25, 0.3) is 0 Å². The van der Waals surface area contributed by atoms with Crippen molar-refractivity contribution in [1.29, 1.82) is 0 Å². The molecule has 146 valence electrons. The summed E-state index contributed by atoms with van der Waals surface area (Å²) in [7, 11) is 1.66. The molecular formula is C20H27N3O3S. The van der Waals surface area contributed by atoms with E-state index >= 15 is 0 Å². The van der Waals surface area contributed by atoms with E-state index in [2.05, 4.69) is 16.0 Å². The lowest BCUT2D eigenvalue weighted by molar-refractivity contribution is 0.311. The predicted octanol–water partition coefficient (Wildman–Crippen LogP) is 3.56. The lowest BCUT2D eigenvalue weighted by Gasteiger charge is -2.34. The van der Waals surface area contributed by atoms with E-state index in [1.54, 1.807) is 13.3 Å². The van der Waals surface area contributed by atoms with Gasteiger partial charge in [-0.05, 0) is 51.8 Å². The third-order valence-electron chi connectivity index (χ3n) is 4.62. The number of nitrogens with zero attached hydrogens (tertiary/aromatic N) is 3. The standard InChI is InChI=1S/C20H27N3O3S/c1-7-26-19-21-11-15-16(22-19)12-23(27(24)20(3,4)5)18(15)14-9-8-10-17(25-6)13(14)2/h8-11,18H,7,12H2,1-6H3/t18-,27-/m1/s1. The maximum Gasteiger partial charge on any atom is 0.316 e. The molecule has 3 rings (SSSR count). The number of hydrogen-bond acceptors (Lipinski definition) is 6. The molecule has 1 aliphatic heterocycles. The Morgan fingerprint density at radius 1 is 1.30 bits per heavy atom. The number of aromatic nitrogens is 2. The van der Waals surface area contributed by atoms with E-state index in [0.717, 1.165) is 28.1 Å². The molecule has 1 aromatic carbocycles. The average Bonchev–Trinajstić information content (AvgIpc) is 2.99. The monoisotopic (exact) mass is 389 g/mol. The van der Waals surface area contributed by atoms with Crippen LogP contribution in [0.25, 0.3) is 0 Å². The quantitative estimate of drug-likeness (QED) is 0.728. The van der Waals surface area contributed by atoms with Gasteiger partial charge in [-0.3, -0.25) is 0 Å². The van der Waals surface area contributed by atoms with Crippen LogP contribution in [0.3, 0.4) is 0 Å². The lowest BCUT2D eigenvalue weighted by Crippen LogP contribution is -2.42. The first-order chi connectivity index (χ1) is 12.8. The van der Waals surface area contributed by atoms with Gasteiger partial charge in [-0.2, -0.15) is 4.98 Å². The maximum atomic E-state index is 13.3. The van der Waals surface area contributed by atoms with Gasteiger partial charge in [0, 0.05) is 23.1 Å². The van der Waals surface area contributed by atoms with Crippen molar-refractivity contribution in [2.45, 2.75) is 52.0 Å². The van der Waals surface area contributed by atoms with Gasteiger partial charge in [0.1, 0.15) is 16.5 Å². The molecule has 0 aliphatic carbocycles. The van der Waals surface area contributed by atoms with Crippen LogP contribution < -0.4 is 9.47 Å². The first-order valence-corrected chi connectivity index (χ1v) is 10.2. The molecule has 2 aromatic rings. The largest absolute Gasteiger partial charge is 0.597 e. The highest BCUT2D eigenvalue weighted by atomic mass is 32.2. The van der Waals surface area contributed by atoms with Crippen LogP contribution in [0.4, 0.5) is 0 Å². The summed E-state index contributed by atoms with van der Waals surface area (Å²) in [6, 6.07) is 6.13. The van der Waals surface area contributed by atoms with Crippen LogP contribution in [0.2, 0.25) is 0 Å². The van der Waals surface area contributed by atoms with Crippen molar-refractivity contribution in [2.75, 3.05) is 13.7 Å². The second kappa shape index (κ2) is 7.66. The second-order valence-electron chi connectivity index (χ2n) is 7.50. The third-order valence-corrected chi connectivity index (χ3v) is 6.43. The van der Waals surface area contributed by atoms with Crippen LogP contribution in [-0.4, -0.2) is 37.3 Å². The molecule has 0 N–H and O–H groups in total. The van der Waals surface area contributed by atoms with Crippen molar-refractivity contribution in [3.63, 3.8) is 0 Å². The molecule has 1 aliphatic rings. The van der Waals surface area contributed by atoms with E-state index in [-0.39, 0.29) is 10.8 Å². The predicted molar refractivity (Wildman–Crippen MR) is 106 cm³/mol. The molecule has 0 bridgehead atoms. The summed E-state index contributed by atoms with van der Waals surface area (Å²) in [5, 5.41) is 0. The van der Waals surface area contributed by atoms with E-state index in [9.17, 15) is 4.55 Å². The van der Waals surface area contributed by atoms with Crippen molar-refractivity contribution in [3.05, 3.63) is 46.8 Å². The van der Waals surface area contributed by atoms with E-state index in [1.165, 1.54) is 0 Å². The Morgan fingerprint density at radius 2 is 2.04 bits per heavy atom. The molecule has 0 spiro atoms. The maximum absolute atomic E-state index is 13.3. The minimum absolute atomic E-state index is 0.189. The topological polar surface area (TPSA) is 70.5 Å². The zero-order valence-corrected chi connectivity index (χ0v) is 17.6. The Kier molecular flexibility index (Phi) is 5.65. The van der Waals surface area contributed by atoms with Gasteiger partial charge in [0.15, 0.2) is 0 Å². The number of rotatable bonds is 5. The van der Waals surface area contributed by atoms with Gasteiger partial charge in [0.05, 0.1) is 26.0 Å². The Bertz CT molecular complexity index is 823. The highest BCUT2D eigenvalue weighted by Gasteiger charge is 2.45. The number of methoxy groups -OCH3 is 1. The van der Waals surface area contributed by atoms with Gasteiger partial charge >= 0.3 is 6.01 Å². The second-order valence-corrected chi connectivity index (χ2v) is 9.69. The fourth-order valence-corrected chi connectivity index (χ4v) is 4.70. The van der Waals surface area contributed by atoms with E-state index in [0.29, 0.717) is 19.2 Å². The molecule has 0 unspecified atom stereocenters. The molecule has 0 saturated heterocycles. The molecule has 0 fully saturated rings. The van der Waals surface area contributed by atoms with Gasteiger partial charge < -0.3 is 14.0 Å². The number of benzene rings is 1. The summed E-state index contributed by atoms with van der Waals surface area (Å²) in [5.74, 6) is 0.814. The van der Waals surface area contributed by atoms with Crippen LogP contribution in [0, 0.1) is 6.92 Å². The number of ether oxygens (including phenoxy) is 2. The van der Waals surface area contributed by atoms with E-state index in [1.807, 2.05) is 51.1 Å². The Hall–Kier alpha value is -1.83. The molecule has 2 heterocycles. The lowest BCUT2D eigenvalue weighted by atomic mass is 9.97. The summed E-state index contributed by atoms with van der Waals surface area (Å²) in [4.78, 5) is 8.92. The summed E-state index contributed by atoms with van der Waals surface area (Å²) in [5.41, 5.74) is 3.91. The Labute approximate surface area is 164 Å². The van der Waals surface area contributed by atoms with Crippen LogP contribution in [0.15, 0.2) is 24.4 Å². The molecule has 6 nitrogen and oxygen atoms in total. The minimum atomic E-state index is -1.21. The first-order valence-electron chi connectivity index (χ1n) is 9.08. The van der Waals surface area contributed by atoms with Crippen molar-refractivity contribution in [2.24, 2.45) is 0 Å². The molecule has 7 heteroatoms. The fourth-order valence-electron chi connectivity index (χ4n) is 3.33.